The highest BCUT2D eigenvalue weighted by molar-refractivity contribution is 5.92. The van der Waals surface area contributed by atoms with Gasteiger partial charge >= 0.3 is 5.69 Å². The lowest BCUT2D eigenvalue weighted by Crippen LogP contribution is -2.41. The molecule has 2 aromatic rings. The predicted octanol–water partition coefficient (Wildman–Crippen LogP) is 0.880. The first kappa shape index (κ1) is 15.0. The second-order valence-corrected chi connectivity index (χ2v) is 6.46. The third kappa shape index (κ3) is 2.71. The maximum atomic E-state index is 12.4. The lowest BCUT2D eigenvalue weighted by atomic mass is 9.75. The molecule has 4 N–H and O–H groups in total. The average Bonchev–Trinajstić information content (AvgIpc) is 3.17. The number of nitrogens with one attached hydrogen (secondary N) is 3. The van der Waals surface area contributed by atoms with Crippen LogP contribution in [-0.4, -0.2) is 33.7 Å². The van der Waals surface area contributed by atoms with Crippen LogP contribution in [0.5, 0.6) is 5.75 Å². The lowest BCUT2D eigenvalue weighted by Gasteiger charge is -2.38. The van der Waals surface area contributed by atoms with Crippen LogP contribution < -0.4 is 15.7 Å². The highest BCUT2D eigenvalue weighted by Crippen LogP contribution is 2.39. The van der Waals surface area contributed by atoms with E-state index in [1.54, 1.807) is 0 Å². The molecule has 2 aliphatic rings. The van der Waals surface area contributed by atoms with Gasteiger partial charge in [0.2, 0.25) is 0 Å². The van der Waals surface area contributed by atoms with Crippen LogP contribution in [0.25, 0.3) is 0 Å². The largest absolute Gasteiger partial charge is 0.493 e. The Kier molecular flexibility index (Phi) is 3.65. The topological polar surface area (TPSA) is 107 Å². The van der Waals surface area contributed by atoms with Gasteiger partial charge in [0.1, 0.15) is 11.4 Å². The molecule has 7 nitrogen and oxygen atoms in total. The number of amides is 1. The molecule has 1 aliphatic heterocycles. The molecule has 1 fully saturated rings. The van der Waals surface area contributed by atoms with Crippen LogP contribution in [0, 0.1) is 5.92 Å². The second-order valence-electron chi connectivity index (χ2n) is 6.46. The van der Waals surface area contributed by atoms with Crippen LogP contribution in [0.2, 0.25) is 0 Å². The zero-order valence-corrected chi connectivity index (χ0v) is 13.0. The molecule has 2 heterocycles. The minimum atomic E-state index is -0.412. The van der Waals surface area contributed by atoms with E-state index in [0.717, 1.165) is 23.3 Å². The molecule has 1 aliphatic carbocycles. The number of benzene rings is 1. The highest BCUT2D eigenvalue weighted by atomic mass is 16.5. The maximum absolute atomic E-state index is 12.4. The van der Waals surface area contributed by atoms with E-state index in [4.69, 9.17) is 4.74 Å². The fourth-order valence-electron chi connectivity index (χ4n) is 3.45. The van der Waals surface area contributed by atoms with Crippen molar-refractivity contribution >= 4 is 5.91 Å². The zero-order chi connectivity index (χ0) is 16.7. The van der Waals surface area contributed by atoms with E-state index in [0.29, 0.717) is 19.4 Å². The molecule has 1 aromatic carbocycles. The van der Waals surface area contributed by atoms with Crippen LogP contribution in [0.1, 0.15) is 40.5 Å². The summed E-state index contributed by atoms with van der Waals surface area (Å²) in [6.07, 6.45) is 3.23. The van der Waals surface area contributed by atoms with Gasteiger partial charge in [-0.15, -0.1) is 0 Å². The summed E-state index contributed by atoms with van der Waals surface area (Å²) in [5.74, 6) is 0.735. The predicted molar refractivity (Wildman–Crippen MR) is 86.0 cm³/mol. The minimum absolute atomic E-state index is 0.176. The van der Waals surface area contributed by atoms with E-state index >= 15 is 0 Å². The molecule has 0 unspecified atom stereocenters. The molecule has 7 heteroatoms. The summed E-state index contributed by atoms with van der Waals surface area (Å²) in [5, 5.41) is 12.6. The molecular weight excluding hydrogens is 310 g/mol. The molecule has 126 valence electrons. The molecular formula is C17H19N3O4. The summed E-state index contributed by atoms with van der Waals surface area (Å²) in [4.78, 5) is 28.5. The number of aromatic amines is 2. The van der Waals surface area contributed by atoms with Gasteiger partial charge in [-0.1, -0.05) is 6.07 Å². The Morgan fingerprint density at radius 2 is 2.21 bits per heavy atom. The quantitative estimate of drug-likeness (QED) is 0.668. The summed E-state index contributed by atoms with van der Waals surface area (Å²) in [6.45, 7) is 0.683. The molecule has 0 saturated heterocycles. The fourth-order valence-corrected chi connectivity index (χ4v) is 3.45. The van der Waals surface area contributed by atoms with Gasteiger partial charge in [0.05, 0.1) is 18.8 Å². The van der Waals surface area contributed by atoms with E-state index in [1.165, 1.54) is 6.20 Å². The smallest absolute Gasteiger partial charge is 0.323 e. The van der Waals surface area contributed by atoms with Gasteiger partial charge in [0, 0.05) is 12.6 Å². The van der Waals surface area contributed by atoms with Crippen LogP contribution in [0.3, 0.4) is 0 Å². The number of hydrogen-bond acceptors (Lipinski definition) is 4. The molecule has 4 rings (SSSR count). The Balaban J connectivity index is 1.59. The number of H-pyrrole nitrogens is 2. The van der Waals surface area contributed by atoms with Crippen molar-refractivity contribution in [2.24, 2.45) is 5.92 Å². The molecule has 24 heavy (non-hydrogen) atoms. The first-order valence-electron chi connectivity index (χ1n) is 8.12. The van der Waals surface area contributed by atoms with E-state index in [1.807, 2.05) is 12.1 Å². The number of rotatable bonds is 4. The van der Waals surface area contributed by atoms with Crippen molar-refractivity contribution < 1.29 is 14.6 Å². The van der Waals surface area contributed by atoms with Gasteiger partial charge in [-0.2, -0.15) is 0 Å². The van der Waals surface area contributed by atoms with Crippen LogP contribution >= 0.6 is 0 Å². The second kappa shape index (κ2) is 5.83. The van der Waals surface area contributed by atoms with Crippen molar-refractivity contribution in [3.63, 3.8) is 0 Å². The number of hydrogen-bond donors (Lipinski definition) is 4. The Morgan fingerprint density at radius 3 is 2.92 bits per heavy atom. The third-order valence-corrected chi connectivity index (χ3v) is 4.82. The van der Waals surface area contributed by atoms with Crippen molar-refractivity contribution in [3.8, 4) is 5.75 Å². The minimum Gasteiger partial charge on any atom is -0.493 e. The van der Waals surface area contributed by atoms with Crippen molar-refractivity contribution in [2.45, 2.75) is 31.4 Å². The van der Waals surface area contributed by atoms with E-state index in [-0.39, 0.29) is 29.7 Å². The van der Waals surface area contributed by atoms with Gasteiger partial charge in [-0.05, 0) is 42.0 Å². The Labute approximate surface area is 138 Å². The lowest BCUT2D eigenvalue weighted by molar-refractivity contribution is 0.0234. The molecule has 1 amide bonds. The summed E-state index contributed by atoms with van der Waals surface area (Å²) >= 11 is 0. The molecule has 1 saturated carbocycles. The molecule has 0 spiro atoms. The number of aliphatic hydroxyl groups is 1. The number of imidazole rings is 1. The fraction of sp³-hybridized carbons (Fsp3) is 0.412. The first-order valence-corrected chi connectivity index (χ1v) is 8.12. The van der Waals surface area contributed by atoms with Crippen molar-refractivity contribution in [2.75, 3.05) is 6.61 Å². The number of aromatic nitrogens is 2. The number of aliphatic hydroxyl groups excluding tert-OH is 1. The Morgan fingerprint density at radius 1 is 1.38 bits per heavy atom. The Hall–Kier alpha value is -2.54. The maximum Gasteiger partial charge on any atom is 0.323 e. The SMILES string of the molecule is O=C(N[C@H](c1ccc2c(c1)CCO2)C1CC(O)C1)c1c[nH]c(=O)[nH]1. The number of carbonyl (C=O) groups excluding carboxylic acids is 1. The molecule has 0 radical (unpaired) electrons. The zero-order valence-electron chi connectivity index (χ0n) is 13.0. The summed E-state index contributed by atoms with van der Waals surface area (Å²) < 4.78 is 5.53. The number of fused-ring (bicyclic) bond motifs is 1. The summed E-state index contributed by atoms with van der Waals surface area (Å²) in [5.41, 5.74) is 1.93. The van der Waals surface area contributed by atoms with E-state index in [9.17, 15) is 14.7 Å². The number of ether oxygens (including phenoxy) is 1. The van der Waals surface area contributed by atoms with Gasteiger partial charge < -0.3 is 25.1 Å². The van der Waals surface area contributed by atoms with Crippen LogP contribution in [0.4, 0.5) is 0 Å². The first-order chi connectivity index (χ1) is 11.6. The van der Waals surface area contributed by atoms with Crippen molar-refractivity contribution in [1.29, 1.82) is 0 Å². The summed E-state index contributed by atoms with van der Waals surface area (Å²) in [6, 6.07) is 5.76. The molecule has 1 atom stereocenters. The van der Waals surface area contributed by atoms with Crippen molar-refractivity contribution in [3.05, 3.63) is 51.7 Å². The van der Waals surface area contributed by atoms with Gasteiger partial charge in [0.25, 0.3) is 5.91 Å². The highest BCUT2D eigenvalue weighted by Gasteiger charge is 2.36. The van der Waals surface area contributed by atoms with Gasteiger partial charge in [-0.25, -0.2) is 4.79 Å². The van der Waals surface area contributed by atoms with Gasteiger partial charge in [-0.3, -0.25) is 4.79 Å². The Bertz CT molecular complexity index is 819. The van der Waals surface area contributed by atoms with Crippen LogP contribution in [0.15, 0.2) is 29.2 Å². The van der Waals surface area contributed by atoms with Gasteiger partial charge in [0.15, 0.2) is 0 Å². The van der Waals surface area contributed by atoms with Crippen molar-refractivity contribution in [1.82, 2.24) is 15.3 Å². The van der Waals surface area contributed by atoms with Crippen LogP contribution in [-0.2, 0) is 6.42 Å². The third-order valence-electron chi connectivity index (χ3n) is 4.82. The average molecular weight is 329 g/mol. The number of carbonyl (C=O) groups is 1. The summed E-state index contributed by atoms with van der Waals surface area (Å²) in [7, 11) is 0. The monoisotopic (exact) mass is 329 g/mol. The van der Waals surface area contributed by atoms with E-state index in [2.05, 4.69) is 21.4 Å². The normalized spacial score (nSPS) is 23.0. The van der Waals surface area contributed by atoms with E-state index < -0.39 is 5.69 Å². The molecule has 0 bridgehead atoms. The molecule has 1 aromatic heterocycles. The standard InChI is InChI=1S/C17H19N3O4/c21-12-6-11(7-12)15(20-16(22)13-8-18-17(23)19-13)10-1-2-14-9(5-10)3-4-24-14/h1-2,5,8,11-12,15,21H,3-4,6-7H2,(H,20,22)(H2,18,19,23)/t11?,12?,15-/m1/s1.